The third-order valence-corrected chi connectivity index (χ3v) is 4.45. The molecule has 0 spiro atoms. The Bertz CT molecular complexity index is 798. The average molecular weight is 353 g/mol. The second kappa shape index (κ2) is 6.68. The number of benzene rings is 1. The van der Waals surface area contributed by atoms with Crippen molar-refractivity contribution in [2.45, 2.75) is 13.0 Å². The molecule has 0 bridgehead atoms. The van der Waals surface area contributed by atoms with Gasteiger partial charge in [0.05, 0.1) is 17.8 Å². The molecule has 1 aliphatic rings. The Labute approximate surface area is 143 Å². The molecule has 1 aliphatic heterocycles. The molecule has 2 aromatic rings. The largest absolute Gasteiger partial charge is 0.495 e. The Morgan fingerprint density at radius 2 is 2.21 bits per heavy atom. The molecule has 0 radical (unpaired) electrons. The minimum absolute atomic E-state index is 0.00387. The third-order valence-electron chi connectivity index (χ3n) is 4.15. The number of aromatic nitrogens is 2. The van der Waals surface area contributed by atoms with Crippen LogP contribution in [-0.4, -0.2) is 42.8 Å². The van der Waals surface area contributed by atoms with Crippen LogP contribution in [0.1, 0.15) is 6.92 Å². The van der Waals surface area contributed by atoms with Crippen LogP contribution in [-0.2, 0) is 0 Å². The monoisotopic (exact) mass is 352 g/mol. The van der Waals surface area contributed by atoms with Gasteiger partial charge in [0.15, 0.2) is 5.82 Å². The summed E-state index contributed by atoms with van der Waals surface area (Å²) in [6.07, 6.45) is 3.06. The van der Waals surface area contributed by atoms with Crippen LogP contribution in [0.25, 0.3) is 0 Å². The smallest absolute Gasteiger partial charge is 0.290 e. The van der Waals surface area contributed by atoms with Crippen molar-refractivity contribution in [1.82, 2.24) is 9.97 Å². The van der Waals surface area contributed by atoms with Gasteiger partial charge >= 0.3 is 0 Å². The van der Waals surface area contributed by atoms with E-state index in [0.29, 0.717) is 36.9 Å². The zero-order chi connectivity index (χ0) is 17.3. The summed E-state index contributed by atoms with van der Waals surface area (Å²) in [4.78, 5) is 22.6. The van der Waals surface area contributed by atoms with Gasteiger partial charge in [0.1, 0.15) is 11.6 Å². The molecule has 3 rings (SSSR count). The van der Waals surface area contributed by atoms with Gasteiger partial charge in [-0.1, -0.05) is 11.6 Å². The first-order valence-electron chi connectivity index (χ1n) is 7.59. The van der Waals surface area contributed by atoms with Crippen LogP contribution < -0.4 is 20.1 Å². The first kappa shape index (κ1) is 16.6. The Morgan fingerprint density at radius 3 is 2.88 bits per heavy atom. The lowest BCUT2D eigenvalue weighted by Gasteiger charge is -2.41. The number of anilines is 2. The Balaban J connectivity index is 1.84. The van der Waals surface area contributed by atoms with Crippen molar-refractivity contribution in [2.24, 2.45) is 0 Å². The summed E-state index contributed by atoms with van der Waals surface area (Å²) in [6, 6.07) is 2.86. The summed E-state index contributed by atoms with van der Waals surface area (Å²) in [6.45, 7) is 3.65. The van der Waals surface area contributed by atoms with Crippen LogP contribution in [0.5, 0.6) is 5.75 Å². The molecule has 0 saturated carbocycles. The molecule has 1 atom stereocenters. The molecule has 1 aromatic carbocycles. The molecule has 0 aliphatic carbocycles. The predicted molar refractivity (Wildman–Crippen MR) is 91.8 cm³/mol. The second-order valence-electron chi connectivity index (χ2n) is 5.67. The summed E-state index contributed by atoms with van der Waals surface area (Å²) < 4.78 is 19.5. The summed E-state index contributed by atoms with van der Waals surface area (Å²) >= 11 is 5.95. The normalized spacial score (nSPS) is 17.9. The topological polar surface area (TPSA) is 61.5 Å². The van der Waals surface area contributed by atoms with E-state index in [2.05, 4.69) is 9.97 Å². The zero-order valence-electron chi connectivity index (χ0n) is 13.4. The summed E-state index contributed by atoms with van der Waals surface area (Å²) in [5.74, 6) is 0.431. The Hall–Kier alpha value is -2.28. The van der Waals surface area contributed by atoms with E-state index in [1.807, 2.05) is 16.7 Å². The van der Waals surface area contributed by atoms with Crippen LogP contribution >= 0.6 is 11.6 Å². The van der Waals surface area contributed by atoms with E-state index >= 15 is 0 Å². The summed E-state index contributed by atoms with van der Waals surface area (Å²) in [7, 11) is 1.50. The maximum Gasteiger partial charge on any atom is 0.290 e. The summed E-state index contributed by atoms with van der Waals surface area (Å²) in [5, 5.41) is 0.241. The number of piperazine rings is 1. The lowest BCUT2D eigenvalue weighted by Crippen LogP contribution is -2.54. The van der Waals surface area contributed by atoms with Gasteiger partial charge < -0.3 is 19.5 Å². The van der Waals surface area contributed by atoms with Crippen molar-refractivity contribution >= 4 is 23.1 Å². The number of hydrogen-bond acceptors (Lipinski definition) is 5. The number of ether oxygens (including phenoxy) is 1. The minimum Gasteiger partial charge on any atom is -0.495 e. The molecule has 1 aromatic heterocycles. The maximum absolute atomic E-state index is 14.3. The van der Waals surface area contributed by atoms with E-state index < -0.39 is 5.82 Å². The first-order valence-corrected chi connectivity index (χ1v) is 7.97. The van der Waals surface area contributed by atoms with Crippen LogP contribution in [0, 0.1) is 5.82 Å². The van der Waals surface area contributed by atoms with E-state index in [0.717, 1.165) is 0 Å². The van der Waals surface area contributed by atoms with Crippen LogP contribution in [0.15, 0.2) is 29.3 Å². The fourth-order valence-corrected chi connectivity index (χ4v) is 3.18. The number of nitrogens with zero attached hydrogens (tertiary/aromatic N) is 3. The van der Waals surface area contributed by atoms with E-state index in [1.165, 1.54) is 19.4 Å². The number of rotatable bonds is 3. The Kier molecular flexibility index (Phi) is 4.62. The lowest BCUT2D eigenvalue weighted by atomic mass is 10.1. The van der Waals surface area contributed by atoms with E-state index in [9.17, 15) is 9.18 Å². The van der Waals surface area contributed by atoms with Crippen molar-refractivity contribution in [3.63, 3.8) is 0 Å². The molecule has 1 fully saturated rings. The second-order valence-corrected chi connectivity index (χ2v) is 6.08. The molecule has 128 valence electrons. The lowest BCUT2D eigenvalue weighted by molar-refractivity contribution is 0.413. The quantitative estimate of drug-likeness (QED) is 0.918. The highest BCUT2D eigenvalue weighted by molar-refractivity contribution is 6.32. The number of H-pyrrole nitrogens is 1. The molecule has 24 heavy (non-hydrogen) atoms. The fourth-order valence-electron chi connectivity index (χ4n) is 2.96. The molecular weight excluding hydrogens is 335 g/mol. The van der Waals surface area contributed by atoms with Gasteiger partial charge in [0.25, 0.3) is 5.56 Å². The van der Waals surface area contributed by atoms with Gasteiger partial charge in [-0.25, -0.2) is 9.37 Å². The molecule has 0 amide bonds. The van der Waals surface area contributed by atoms with Crippen LogP contribution in [0.4, 0.5) is 15.9 Å². The number of aromatic amines is 1. The maximum atomic E-state index is 14.3. The van der Waals surface area contributed by atoms with Gasteiger partial charge in [-0.15, -0.1) is 0 Å². The van der Waals surface area contributed by atoms with E-state index in [1.54, 1.807) is 12.3 Å². The van der Waals surface area contributed by atoms with Crippen molar-refractivity contribution in [3.05, 3.63) is 45.7 Å². The standard InChI is InChI=1S/C16H18ClFN4O2/c1-10-9-21(13-8-14(24-2)11(17)7-12(13)18)5-6-22(10)15-16(23)20-4-3-19-15/h3-4,7-8,10H,5-6,9H2,1-2H3,(H,20,23). The molecule has 6 nitrogen and oxygen atoms in total. The Morgan fingerprint density at radius 1 is 1.42 bits per heavy atom. The number of halogens is 2. The zero-order valence-corrected chi connectivity index (χ0v) is 14.2. The average Bonchev–Trinajstić information content (AvgIpc) is 2.56. The molecule has 2 heterocycles. The van der Waals surface area contributed by atoms with Gasteiger partial charge in [-0.2, -0.15) is 0 Å². The van der Waals surface area contributed by atoms with Crippen molar-refractivity contribution in [3.8, 4) is 5.75 Å². The minimum atomic E-state index is -0.392. The first-order chi connectivity index (χ1) is 11.5. The molecule has 1 N–H and O–H groups in total. The molecular formula is C16H18ClFN4O2. The van der Waals surface area contributed by atoms with Crippen molar-refractivity contribution in [2.75, 3.05) is 36.5 Å². The molecule has 8 heteroatoms. The van der Waals surface area contributed by atoms with Gasteiger partial charge in [-0.05, 0) is 13.0 Å². The SMILES string of the molecule is COc1cc(N2CCN(c3ncc[nH]c3=O)C(C)C2)c(F)cc1Cl. The van der Waals surface area contributed by atoms with Gasteiger partial charge in [0, 0.05) is 44.1 Å². The highest BCUT2D eigenvalue weighted by atomic mass is 35.5. The fraction of sp³-hybridized carbons (Fsp3) is 0.375. The number of nitrogens with one attached hydrogen (secondary N) is 1. The van der Waals surface area contributed by atoms with E-state index in [-0.39, 0.29) is 16.6 Å². The number of methoxy groups -OCH3 is 1. The third kappa shape index (κ3) is 3.03. The highest BCUT2D eigenvalue weighted by Gasteiger charge is 2.28. The summed E-state index contributed by atoms with van der Waals surface area (Å²) in [5.41, 5.74) is 0.217. The van der Waals surface area contributed by atoms with Crippen LogP contribution in [0.3, 0.4) is 0 Å². The number of hydrogen-bond donors (Lipinski definition) is 1. The van der Waals surface area contributed by atoms with Gasteiger partial charge in [-0.3, -0.25) is 4.79 Å². The predicted octanol–water partition coefficient (Wildman–Crippen LogP) is 2.29. The van der Waals surface area contributed by atoms with Crippen LogP contribution in [0.2, 0.25) is 5.02 Å². The van der Waals surface area contributed by atoms with Crippen molar-refractivity contribution in [1.29, 1.82) is 0 Å². The molecule has 1 unspecified atom stereocenters. The highest BCUT2D eigenvalue weighted by Crippen LogP contribution is 2.33. The molecule has 1 saturated heterocycles. The van der Waals surface area contributed by atoms with Crippen molar-refractivity contribution < 1.29 is 9.13 Å². The van der Waals surface area contributed by atoms with Gasteiger partial charge in [0.2, 0.25) is 0 Å². The van der Waals surface area contributed by atoms with E-state index in [4.69, 9.17) is 16.3 Å².